The van der Waals surface area contributed by atoms with Crippen molar-refractivity contribution in [2.75, 3.05) is 0 Å². The molecule has 36 heteroatoms. The Balaban J connectivity index is 0.000000271. The molecule has 0 saturated carbocycles. The average Bonchev–Trinajstić information content (AvgIpc) is 1.02. The zero-order chi connectivity index (χ0) is 102. The molecule has 20 rings (SSSR count). The smallest absolute Gasteiger partial charge is 0.0487 e. The van der Waals surface area contributed by atoms with Crippen LogP contribution in [0.4, 0.5) is 52.7 Å². The molecule has 0 amide bonds. The van der Waals surface area contributed by atoms with Crippen molar-refractivity contribution in [2.45, 2.75) is 26.2 Å². The van der Waals surface area contributed by atoms with Crippen LogP contribution in [0.15, 0.2) is 402 Å². The van der Waals surface area contributed by atoms with Gasteiger partial charge in [-0.25, -0.2) is 0 Å². The molecule has 8 aromatic carbocycles. The molecule has 0 atom stereocenters. The quantitative estimate of drug-likeness (QED) is 0.0825. The number of benzene rings is 8. The first kappa shape index (κ1) is 117. The predicted molar refractivity (Wildman–Crippen MR) is 505 cm³/mol. The third-order valence-electron chi connectivity index (χ3n) is 16.6. The number of halogens is 16. The second kappa shape index (κ2) is 70.4. The van der Waals surface area contributed by atoms with E-state index in [1.54, 1.807) is 160 Å². The monoisotopic (exact) mass is 2690 g/mol. The molecule has 0 radical (unpaired) electrons. The van der Waals surface area contributed by atoms with Gasteiger partial charge in [-0.1, -0.05) is 119 Å². The van der Waals surface area contributed by atoms with Gasteiger partial charge in [-0.3, -0.25) is 46.7 Å². The van der Waals surface area contributed by atoms with E-state index in [2.05, 4.69) is 168 Å². The molecule has 20 aromatic rings. The van der Waals surface area contributed by atoms with E-state index < -0.39 is 46.7 Å². The zero-order valence-corrected chi connectivity index (χ0v) is 85.5. The first-order chi connectivity index (χ1) is 68.1. The van der Waals surface area contributed by atoms with E-state index in [4.69, 9.17) is 0 Å². The summed E-state index contributed by atoms with van der Waals surface area (Å²) in [6.45, 7) is 3.76. The molecule has 0 saturated heterocycles. The van der Waals surface area contributed by atoms with E-state index in [-0.39, 0.29) is 22.8 Å². The fourth-order valence-corrected chi connectivity index (χ4v) is 10.4. The topological polar surface area (TPSA) is 218 Å². The largest absolute Gasteiger partial charge is 0.305 e. The molecule has 0 fully saturated rings. The Bertz CT molecular complexity index is 5850. The van der Waals surface area contributed by atoms with Gasteiger partial charge in [-0.15, -0.1) is 215 Å². The van der Waals surface area contributed by atoms with Crippen molar-refractivity contribution in [3.05, 3.63) is 508 Å². The summed E-state index contributed by atoms with van der Waals surface area (Å²) in [6.07, 6.45) is 18.5. The molecule has 0 spiro atoms. The second-order valence-electron chi connectivity index (χ2n) is 26.2. The van der Waals surface area contributed by atoms with Crippen molar-refractivity contribution in [1.29, 1.82) is 0 Å². The Morgan fingerprint density at radius 3 is 0.671 bits per heavy atom. The summed E-state index contributed by atoms with van der Waals surface area (Å²) in [5.74, 6) is -3.12. The first-order valence-corrected chi connectivity index (χ1v) is 51.8. The summed E-state index contributed by atoms with van der Waals surface area (Å²) in [5.41, 5.74) is 11.4. The zero-order valence-electron chi connectivity index (χ0n) is 72.9. The minimum absolute atomic E-state index is 0.195. The molecule has 0 aliphatic heterocycles. The normalized spacial score (nSPS) is 9.64. The predicted octanol–water partition coefficient (Wildman–Crippen LogP) is 28.3. The van der Waals surface area contributed by atoms with Crippen LogP contribution in [0.2, 0.25) is 0 Å². The maximum Gasteiger partial charge on any atom is 0.0487 e. The Morgan fingerprint density at radius 1 is 0.236 bits per heavy atom. The minimum Gasteiger partial charge on any atom is -0.305 e. The average molecular weight is 2690 g/mol. The molecular formula is C104H76Cl4F12Ir4N16. The van der Waals surface area contributed by atoms with Crippen LogP contribution in [-0.2, 0) is 83.9 Å². The number of aromatic nitrogens is 16. The van der Waals surface area contributed by atoms with E-state index in [9.17, 15) is 52.7 Å². The number of aromatic amines is 4. The molecular weight excluding hydrogens is 2610 g/mol. The summed E-state index contributed by atoms with van der Waals surface area (Å²) >= 11 is 5.89. The molecule has 4 N–H and O–H groups in total. The van der Waals surface area contributed by atoms with E-state index in [1.165, 1.54) is 108 Å². The Hall–Kier alpha value is -13.3. The van der Waals surface area contributed by atoms with Crippen LogP contribution < -0.4 is 0 Å². The van der Waals surface area contributed by atoms with Crippen molar-refractivity contribution in [2.24, 2.45) is 0 Å². The number of nitrogens with one attached hydrogen (secondary N) is 4. The summed E-state index contributed by atoms with van der Waals surface area (Å²) in [5, 5.41) is 24.8. The number of alkyl halides is 6. The first-order valence-electron chi connectivity index (χ1n) is 39.9. The standard InChI is InChI=1S/2C12H7F3N.2C12H8F2N.2C11H7FN.2C11H8N.4C3H4N2.4ClH.4Ir/c2*13-12(14,15)10-6-4-9(5-7-10)11-3-1-2-8-16-11;2*1-8-4-5-15-12(6-8)10-3-2-9(13)7-11(10)14;2*12-10-6-4-9(5-7-10)11-3-1-2-8-13-11;2*1-2-6-10(7-3-1)11-8-4-5-9-12-11;4*1-2-4-5-3-1;;;;;;;;/h2*1-4,6-8H;2*2,4-7H,1H3;2*1-4,6-8H;2*1-6,8-9H;4*1-3H,(H,4,5);4*1H;;;;/q8*-1;;;;;;;;;4*+3/p-4. The second-order valence-corrected chi connectivity index (χ2v) is 26.2. The van der Waals surface area contributed by atoms with Crippen LogP contribution >= 0.6 is 38.3 Å². The van der Waals surface area contributed by atoms with E-state index >= 15 is 0 Å². The van der Waals surface area contributed by atoms with Gasteiger partial charge in [0.2, 0.25) is 0 Å². The number of aryl methyl sites for hydroxylation is 2. The number of pyridine rings is 8. The maximum atomic E-state index is 13.4. The Morgan fingerprint density at radius 2 is 0.486 bits per heavy atom. The van der Waals surface area contributed by atoms with Gasteiger partial charge in [0.1, 0.15) is 0 Å². The maximum absolute atomic E-state index is 13.4. The number of hydrogen-bond donors (Lipinski definition) is 4. The van der Waals surface area contributed by atoms with Crippen LogP contribution in [0.3, 0.4) is 0 Å². The van der Waals surface area contributed by atoms with Gasteiger partial charge in [0.15, 0.2) is 0 Å². The number of hydrogen-bond acceptors (Lipinski definition) is 12. The SMILES string of the molecule is Cc1ccnc(-c2[c-]cc(F)cc2F)c1.Cc1ccnc(-c2[c-]cc(F)cc2F)c1.FC(F)(F)c1c[c-]c(-c2ccccn2)cc1.FC(F)(F)c1c[c-]c(-c2ccccn2)cc1.Fc1c[c-]c(-c2ccccn2)cc1.Fc1c[c-]c(-c2ccccn2)cc1.[Cl][Ir+2].[Cl][Ir+2].[Cl][Ir+2].[Cl][Ir+2].[c-]1ccccc1-c1ccccn1.[c-]1ccccc1-c1ccccn1.c1cn[nH]c1.c1cn[nH]c1.c1cn[nH]c1.c1cn[nH]c1. The van der Waals surface area contributed by atoms with Crippen LogP contribution in [0, 0.1) is 97.3 Å². The van der Waals surface area contributed by atoms with Crippen molar-refractivity contribution in [1.82, 2.24) is 80.7 Å². The Labute approximate surface area is 860 Å². The van der Waals surface area contributed by atoms with Crippen LogP contribution in [0.1, 0.15) is 22.3 Å². The number of nitrogens with zero attached hydrogens (tertiary/aromatic N) is 12. The molecule has 12 heterocycles. The molecule has 0 aliphatic rings. The van der Waals surface area contributed by atoms with Crippen molar-refractivity contribution >= 4 is 38.3 Å². The van der Waals surface area contributed by atoms with Gasteiger partial charge in [0, 0.05) is 134 Å². The van der Waals surface area contributed by atoms with Crippen molar-refractivity contribution in [3.8, 4) is 90.1 Å². The number of rotatable bonds is 8. The molecule has 0 unspecified atom stereocenters. The fraction of sp³-hybridized carbons (Fsp3) is 0.0385. The van der Waals surface area contributed by atoms with Gasteiger partial charge in [-0.05, 0) is 143 Å². The van der Waals surface area contributed by atoms with E-state index in [0.717, 1.165) is 105 Å². The van der Waals surface area contributed by atoms with E-state index in [0.29, 0.717) is 33.9 Å². The summed E-state index contributed by atoms with van der Waals surface area (Å²) in [4.78, 5) is 32.8. The molecule has 16 nitrogen and oxygen atoms in total. The molecule has 12 aromatic heterocycles. The third-order valence-corrected chi connectivity index (χ3v) is 16.6. The van der Waals surface area contributed by atoms with Gasteiger partial charge < -0.3 is 39.9 Å². The van der Waals surface area contributed by atoms with Gasteiger partial charge in [-0.2, -0.15) is 46.7 Å². The third kappa shape index (κ3) is 47.4. The molecule has 140 heavy (non-hydrogen) atoms. The molecule has 0 aliphatic carbocycles. The van der Waals surface area contributed by atoms with Gasteiger partial charge in [0.05, 0.1) is 0 Å². The van der Waals surface area contributed by atoms with Crippen LogP contribution in [0.5, 0.6) is 0 Å². The van der Waals surface area contributed by atoms with Gasteiger partial charge >= 0.3 is 122 Å². The van der Waals surface area contributed by atoms with Crippen LogP contribution in [-0.4, -0.2) is 80.7 Å². The summed E-state index contributed by atoms with van der Waals surface area (Å²) in [7, 11) is 18.6. The molecule has 0 bridgehead atoms. The van der Waals surface area contributed by atoms with Crippen molar-refractivity contribution in [3.63, 3.8) is 0 Å². The van der Waals surface area contributed by atoms with Crippen molar-refractivity contribution < 1.29 is 124 Å². The summed E-state index contributed by atoms with van der Waals surface area (Å²) in [6, 6.07) is 105. The Kier molecular flexibility index (Phi) is 58.9. The number of H-pyrrole nitrogens is 4. The molecule has 720 valence electrons. The van der Waals surface area contributed by atoms with Crippen LogP contribution in [0.25, 0.3) is 90.1 Å². The van der Waals surface area contributed by atoms with Gasteiger partial charge in [0.25, 0.3) is 0 Å². The summed E-state index contributed by atoms with van der Waals surface area (Å²) < 4.78 is 151. The fourth-order valence-electron chi connectivity index (χ4n) is 10.4. The van der Waals surface area contributed by atoms with E-state index in [1.807, 2.05) is 172 Å². The minimum atomic E-state index is -4.32.